The molecule has 0 saturated heterocycles. The molecule has 6 rings (SSSR count). The van der Waals surface area contributed by atoms with E-state index in [9.17, 15) is 9.90 Å². The van der Waals surface area contributed by atoms with Gasteiger partial charge >= 0.3 is 5.97 Å². The minimum Gasteiger partial charge on any atom is -0.493 e. The van der Waals surface area contributed by atoms with Crippen molar-refractivity contribution in [1.29, 1.82) is 0 Å². The van der Waals surface area contributed by atoms with Crippen molar-refractivity contribution in [2.75, 3.05) is 31.2 Å². The third-order valence-electron chi connectivity index (χ3n) is 8.57. The van der Waals surface area contributed by atoms with E-state index in [1.54, 1.807) is 11.4 Å². The molecule has 2 aromatic heterocycles. The van der Waals surface area contributed by atoms with E-state index >= 15 is 0 Å². The molecule has 0 aliphatic carbocycles. The Bertz CT molecular complexity index is 2100. The fourth-order valence-corrected chi connectivity index (χ4v) is 6.74. The van der Waals surface area contributed by atoms with E-state index in [1.165, 1.54) is 0 Å². The molecule has 3 aromatic carbocycles. The van der Waals surface area contributed by atoms with Crippen LogP contribution in [0.2, 0.25) is 5.02 Å². The zero-order chi connectivity index (χ0) is 36.3. The first-order chi connectivity index (χ1) is 24.5. The van der Waals surface area contributed by atoms with Crippen molar-refractivity contribution in [3.8, 4) is 45.1 Å². The summed E-state index contributed by atoms with van der Waals surface area (Å²) in [4.78, 5) is 19.9. The van der Waals surface area contributed by atoms with Crippen LogP contribution in [0.4, 0.5) is 5.69 Å². The lowest BCUT2D eigenvalue weighted by molar-refractivity contribution is -0.160. The number of para-hydroxylation sites is 1. The molecule has 0 spiro atoms. The number of aliphatic carboxylic acids is 1. The van der Waals surface area contributed by atoms with Crippen molar-refractivity contribution >= 4 is 28.9 Å². The SMILES string of the molecule is C=CCCCOc1ccccc1-c1cccc(-c2cc3nc(C)c(C(OC(C)(C)C)C(=O)O)c(-c4ccc5c(c4Cl)N(CC=C)CCO5)n3n2)c1. The predicted octanol–water partition coefficient (Wildman–Crippen LogP) is 9.36. The van der Waals surface area contributed by atoms with E-state index in [0.717, 1.165) is 35.3 Å². The summed E-state index contributed by atoms with van der Waals surface area (Å²) >= 11 is 7.29. The molecular formula is C41H43ClN4O5. The number of anilines is 1. The number of rotatable bonds is 13. The number of hydrogen-bond acceptors (Lipinski definition) is 7. The summed E-state index contributed by atoms with van der Waals surface area (Å²) < 4.78 is 20.0. The Morgan fingerprint density at radius 1 is 1.06 bits per heavy atom. The molecule has 1 unspecified atom stereocenters. The van der Waals surface area contributed by atoms with E-state index in [2.05, 4.69) is 24.1 Å². The maximum absolute atomic E-state index is 13.0. The highest BCUT2D eigenvalue weighted by Crippen LogP contribution is 2.46. The second-order valence-electron chi connectivity index (χ2n) is 13.4. The molecule has 9 nitrogen and oxygen atoms in total. The third-order valence-corrected chi connectivity index (χ3v) is 8.96. The van der Waals surface area contributed by atoms with Crippen LogP contribution >= 0.6 is 11.6 Å². The highest BCUT2D eigenvalue weighted by atomic mass is 35.5. The van der Waals surface area contributed by atoms with Gasteiger partial charge in [-0.25, -0.2) is 14.3 Å². The van der Waals surface area contributed by atoms with Crippen LogP contribution in [0.1, 0.15) is 51.0 Å². The van der Waals surface area contributed by atoms with Crippen LogP contribution in [-0.4, -0.2) is 57.6 Å². The van der Waals surface area contributed by atoms with Gasteiger partial charge in [-0.3, -0.25) is 0 Å². The highest BCUT2D eigenvalue weighted by molar-refractivity contribution is 6.36. The minimum atomic E-state index is -1.36. The molecule has 0 radical (unpaired) electrons. The highest BCUT2D eigenvalue weighted by Gasteiger charge is 2.35. The number of benzene rings is 3. The standard InChI is InChI=1S/C41H43ClN4O5/c1-7-9-12-22-49-32-17-11-10-16-29(32)27-14-13-15-28(24-27)31-25-34-43-26(3)35(39(40(47)48)51-41(4,5)6)37(46(34)44-31)30-18-19-33-38(36(30)42)45(20-8-2)21-23-50-33/h7-8,10-11,13-19,24-25,39H,1-2,9,12,20-23H2,3-6H3,(H,47,48). The molecule has 10 heteroatoms. The minimum absolute atomic E-state index is 0.365. The van der Waals surface area contributed by atoms with Crippen molar-refractivity contribution in [2.45, 2.75) is 52.2 Å². The van der Waals surface area contributed by atoms with Crippen LogP contribution in [0.15, 0.2) is 92.0 Å². The Kier molecular flexibility index (Phi) is 10.5. The van der Waals surface area contributed by atoms with Gasteiger partial charge in [0, 0.05) is 40.6 Å². The number of ether oxygens (including phenoxy) is 3. The van der Waals surface area contributed by atoms with Gasteiger partial charge in [-0.1, -0.05) is 60.2 Å². The smallest absolute Gasteiger partial charge is 0.337 e. The summed E-state index contributed by atoms with van der Waals surface area (Å²) in [6.45, 7) is 17.3. The zero-order valence-corrected chi connectivity index (χ0v) is 30.2. The Balaban J connectivity index is 1.54. The largest absolute Gasteiger partial charge is 0.493 e. The summed E-state index contributed by atoms with van der Waals surface area (Å²) in [7, 11) is 0. The van der Waals surface area contributed by atoms with Crippen molar-refractivity contribution < 1.29 is 24.1 Å². The number of halogens is 1. The van der Waals surface area contributed by atoms with Gasteiger partial charge in [0.2, 0.25) is 0 Å². The summed E-state index contributed by atoms with van der Waals surface area (Å²) in [5, 5.41) is 16.1. The maximum Gasteiger partial charge on any atom is 0.337 e. The molecular weight excluding hydrogens is 664 g/mol. The number of carbonyl (C=O) groups is 1. The average Bonchev–Trinajstić information content (AvgIpc) is 3.53. The summed E-state index contributed by atoms with van der Waals surface area (Å²) in [6, 6.07) is 21.7. The number of allylic oxidation sites excluding steroid dienone is 1. The normalized spacial score (nSPS) is 13.4. The fraction of sp³-hybridized carbons (Fsp3) is 0.293. The molecule has 1 N–H and O–H groups in total. The number of unbranched alkanes of at least 4 members (excludes halogenated alkanes) is 1. The first-order valence-electron chi connectivity index (χ1n) is 17.1. The lowest BCUT2D eigenvalue weighted by atomic mass is 9.97. The van der Waals surface area contributed by atoms with Gasteiger partial charge in [-0.05, 0) is 70.4 Å². The first kappa shape index (κ1) is 35.7. The molecule has 264 valence electrons. The van der Waals surface area contributed by atoms with Crippen LogP contribution in [0.5, 0.6) is 11.5 Å². The van der Waals surface area contributed by atoms with Gasteiger partial charge in [0.05, 0.1) is 40.9 Å². The van der Waals surface area contributed by atoms with E-state index in [1.807, 2.05) is 93.6 Å². The molecule has 1 aliphatic heterocycles. The predicted molar refractivity (Wildman–Crippen MR) is 203 cm³/mol. The number of fused-ring (bicyclic) bond motifs is 2. The van der Waals surface area contributed by atoms with Gasteiger partial charge in [-0.15, -0.1) is 13.2 Å². The van der Waals surface area contributed by atoms with Crippen LogP contribution < -0.4 is 14.4 Å². The molecule has 3 heterocycles. The quantitative estimate of drug-likeness (QED) is 0.0956. The van der Waals surface area contributed by atoms with Gasteiger partial charge in [0.15, 0.2) is 11.8 Å². The van der Waals surface area contributed by atoms with Gasteiger partial charge < -0.3 is 24.2 Å². The lowest BCUT2D eigenvalue weighted by Gasteiger charge is -2.32. The average molecular weight is 707 g/mol. The summed E-state index contributed by atoms with van der Waals surface area (Å²) in [5.74, 6) is 0.295. The zero-order valence-electron chi connectivity index (χ0n) is 29.5. The number of carboxylic acids is 1. The van der Waals surface area contributed by atoms with E-state index in [-0.39, 0.29) is 0 Å². The molecule has 0 saturated carbocycles. The number of aryl methyl sites for hydroxylation is 1. The van der Waals surface area contributed by atoms with E-state index in [4.69, 9.17) is 35.9 Å². The molecule has 5 aromatic rings. The Morgan fingerprint density at radius 3 is 2.59 bits per heavy atom. The van der Waals surface area contributed by atoms with E-state index < -0.39 is 17.7 Å². The van der Waals surface area contributed by atoms with Crippen molar-refractivity contribution in [1.82, 2.24) is 14.6 Å². The van der Waals surface area contributed by atoms with Crippen LogP contribution in [-0.2, 0) is 9.53 Å². The number of carboxylic acid groups (broad SMARTS) is 1. The fourth-order valence-electron chi connectivity index (χ4n) is 6.38. The second-order valence-corrected chi connectivity index (χ2v) is 13.8. The molecule has 51 heavy (non-hydrogen) atoms. The molecule has 1 atom stereocenters. The van der Waals surface area contributed by atoms with Crippen molar-refractivity contribution in [3.05, 3.63) is 108 Å². The Hall–Kier alpha value is -5.12. The monoisotopic (exact) mass is 706 g/mol. The summed E-state index contributed by atoms with van der Waals surface area (Å²) in [6.07, 6.45) is 4.12. The molecule has 0 amide bonds. The lowest BCUT2D eigenvalue weighted by Crippen LogP contribution is -2.33. The van der Waals surface area contributed by atoms with Crippen molar-refractivity contribution in [2.24, 2.45) is 0 Å². The summed E-state index contributed by atoms with van der Waals surface area (Å²) in [5.41, 5.74) is 5.82. The number of nitrogens with zero attached hydrogens (tertiary/aromatic N) is 4. The van der Waals surface area contributed by atoms with Crippen LogP contribution in [0, 0.1) is 6.92 Å². The third kappa shape index (κ3) is 7.50. The maximum atomic E-state index is 13.0. The van der Waals surface area contributed by atoms with E-state index in [0.29, 0.717) is 76.6 Å². The van der Waals surface area contributed by atoms with Crippen molar-refractivity contribution in [3.63, 3.8) is 0 Å². The number of aromatic nitrogens is 3. The second kappa shape index (κ2) is 15.0. The van der Waals surface area contributed by atoms with Gasteiger partial charge in [0.25, 0.3) is 0 Å². The van der Waals surface area contributed by atoms with Gasteiger partial charge in [-0.2, -0.15) is 5.10 Å². The molecule has 0 fully saturated rings. The van der Waals surface area contributed by atoms with Gasteiger partial charge in [0.1, 0.15) is 18.1 Å². The Labute approximate surface area is 303 Å². The first-order valence-corrected chi connectivity index (χ1v) is 17.4. The molecule has 0 bridgehead atoms. The molecule has 1 aliphatic rings. The topological polar surface area (TPSA) is 98.4 Å². The number of hydrogen-bond donors (Lipinski definition) is 1. The van der Waals surface area contributed by atoms with Crippen LogP contribution in [0.3, 0.4) is 0 Å². The van der Waals surface area contributed by atoms with Crippen LogP contribution in [0.25, 0.3) is 39.3 Å². The Morgan fingerprint density at radius 2 is 1.84 bits per heavy atom.